The smallest absolute Gasteiger partial charge is 0.338 e. The molecule has 0 fully saturated rings. The minimum absolute atomic E-state index is 0.0568. The molecule has 5 rings (SSSR count). The minimum atomic E-state index is -0.706. The maximum atomic E-state index is 14.0. The summed E-state index contributed by atoms with van der Waals surface area (Å²) in [7, 11) is 0. The SMILES string of the molecule is CCCC1=C(C(=O)OCC)[C@H](c2ccc(C(C)C)cc2)n2c(s/c(=C\c3ccc(-c4ccc(C)cc4[N+](=O)[O-])o3)c2=O)=N1. The quantitative estimate of drug-likeness (QED) is 0.129. The fraction of sp³-hybridized carbons (Fsp3) is 0.303. The van der Waals surface area contributed by atoms with E-state index in [0.29, 0.717) is 50.0 Å². The Hall–Kier alpha value is -4.57. The van der Waals surface area contributed by atoms with Gasteiger partial charge in [-0.3, -0.25) is 19.5 Å². The maximum Gasteiger partial charge on any atom is 0.338 e. The van der Waals surface area contributed by atoms with Crippen molar-refractivity contribution >= 4 is 29.1 Å². The van der Waals surface area contributed by atoms with E-state index in [1.165, 1.54) is 17.4 Å². The van der Waals surface area contributed by atoms with Gasteiger partial charge < -0.3 is 9.15 Å². The number of carbonyl (C=O) groups is 1. The highest BCUT2D eigenvalue weighted by Gasteiger charge is 2.34. The van der Waals surface area contributed by atoms with Gasteiger partial charge in [-0.25, -0.2) is 9.79 Å². The predicted molar refractivity (Wildman–Crippen MR) is 166 cm³/mol. The Bertz CT molecular complexity index is 1910. The molecular formula is C33H33N3O6S. The number of carbonyl (C=O) groups excluding carboxylic acids is 1. The van der Waals surface area contributed by atoms with Crippen molar-refractivity contribution in [2.75, 3.05) is 6.61 Å². The van der Waals surface area contributed by atoms with Crippen LogP contribution in [0.1, 0.15) is 74.9 Å². The lowest BCUT2D eigenvalue weighted by molar-refractivity contribution is -0.384. The first kappa shape index (κ1) is 29.9. The summed E-state index contributed by atoms with van der Waals surface area (Å²) in [4.78, 5) is 43.9. The van der Waals surface area contributed by atoms with Gasteiger partial charge in [-0.15, -0.1) is 0 Å². The number of aryl methyl sites for hydroxylation is 1. The molecule has 1 atom stereocenters. The van der Waals surface area contributed by atoms with Gasteiger partial charge in [0.25, 0.3) is 11.2 Å². The second-order valence-corrected chi connectivity index (χ2v) is 11.7. The summed E-state index contributed by atoms with van der Waals surface area (Å²) >= 11 is 1.21. The number of furan rings is 1. The first-order valence-corrected chi connectivity index (χ1v) is 15.1. The zero-order valence-corrected chi connectivity index (χ0v) is 25.6. The third-order valence-corrected chi connectivity index (χ3v) is 8.31. The number of nitro benzene ring substituents is 1. The molecule has 0 spiro atoms. The van der Waals surface area contributed by atoms with Gasteiger partial charge >= 0.3 is 5.97 Å². The molecular weight excluding hydrogens is 566 g/mol. The van der Waals surface area contributed by atoms with Crippen molar-refractivity contribution in [3.05, 3.63) is 118 Å². The number of aromatic nitrogens is 1. The molecule has 1 aliphatic rings. The second-order valence-electron chi connectivity index (χ2n) is 10.7. The van der Waals surface area contributed by atoms with E-state index in [0.717, 1.165) is 23.1 Å². The Labute approximate surface area is 252 Å². The lowest BCUT2D eigenvalue weighted by atomic mass is 9.92. The van der Waals surface area contributed by atoms with E-state index < -0.39 is 16.9 Å². The van der Waals surface area contributed by atoms with Gasteiger partial charge in [0, 0.05) is 12.1 Å². The molecule has 3 heterocycles. The normalized spacial score (nSPS) is 15.0. The van der Waals surface area contributed by atoms with Crippen LogP contribution in [0, 0.1) is 17.0 Å². The highest BCUT2D eigenvalue weighted by atomic mass is 32.1. The first-order valence-electron chi connectivity index (χ1n) is 14.3. The number of benzene rings is 2. The standard InChI is InChI=1S/C33H33N3O6S/c1-6-8-25-29(32(38)41-7-2)30(22-12-10-21(11-13-22)19(3)4)35-31(37)28(43-33(35)34-25)18-23-14-16-27(42-23)24-15-9-20(5)17-26(24)36(39)40/h9-19,30H,6-8H2,1-5H3/b28-18-/t30-/m0/s1. The zero-order chi connectivity index (χ0) is 30.8. The molecule has 2 aromatic carbocycles. The molecule has 222 valence electrons. The molecule has 0 saturated heterocycles. The van der Waals surface area contributed by atoms with Gasteiger partial charge in [0.05, 0.1) is 38.9 Å². The van der Waals surface area contributed by atoms with Crippen LogP contribution in [0.4, 0.5) is 5.69 Å². The molecule has 0 N–H and O–H groups in total. The van der Waals surface area contributed by atoms with E-state index in [1.807, 2.05) is 31.2 Å². The second kappa shape index (κ2) is 12.3. The van der Waals surface area contributed by atoms with Crippen molar-refractivity contribution in [3.8, 4) is 11.3 Å². The molecule has 2 aromatic heterocycles. The summed E-state index contributed by atoms with van der Waals surface area (Å²) in [6.45, 7) is 9.97. The molecule has 1 aliphatic heterocycles. The van der Waals surface area contributed by atoms with E-state index in [2.05, 4.69) is 13.8 Å². The van der Waals surface area contributed by atoms with Gasteiger partial charge in [0.15, 0.2) is 4.80 Å². The number of allylic oxidation sites excluding steroid dienone is 1. The number of ether oxygens (including phenoxy) is 1. The van der Waals surface area contributed by atoms with E-state index in [1.54, 1.807) is 48.8 Å². The Morgan fingerprint density at radius 1 is 1.16 bits per heavy atom. The van der Waals surface area contributed by atoms with E-state index >= 15 is 0 Å². The van der Waals surface area contributed by atoms with Crippen LogP contribution >= 0.6 is 11.3 Å². The fourth-order valence-corrected chi connectivity index (χ4v) is 6.20. The molecule has 0 aliphatic carbocycles. The lowest BCUT2D eigenvalue weighted by Gasteiger charge is -2.26. The van der Waals surface area contributed by atoms with Crippen LogP contribution in [-0.2, 0) is 9.53 Å². The van der Waals surface area contributed by atoms with Gasteiger partial charge in [-0.05, 0) is 61.1 Å². The number of esters is 1. The molecule has 0 unspecified atom stereocenters. The zero-order valence-electron chi connectivity index (χ0n) is 24.7. The van der Waals surface area contributed by atoms with Gasteiger partial charge in [0.2, 0.25) is 0 Å². The van der Waals surface area contributed by atoms with Crippen molar-refractivity contribution in [2.24, 2.45) is 4.99 Å². The minimum Gasteiger partial charge on any atom is -0.463 e. The van der Waals surface area contributed by atoms with Crippen LogP contribution in [0.3, 0.4) is 0 Å². The van der Waals surface area contributed by atoms with Crippen LogP contribution in [0.25, 0.3) is 17.4 Å². The average molecular weight is 600 g/mol. The van der Waals surface area contributed by atoms with Crippen LogP contribution in [0.5, 0.6) is 0 Å². The van der Waals surface area contributed by atoms with E-state index in [9.17, 15) is 19.7 Å². The highest BCUT2D eigenvalue weighted by Crippen LogP contribution is 2.34. The molecule has 0 bridgehead atoms. The molecule has 0 radical (unpaired) electrons. The first-order chi connectivity index (χ1) is 20.6. The Morgan fingerprint density at radius 2 is 1.91 bits per heavy atom. The molecule has 0 amide bonds. The summed E-state index contributed by atoms with van der Waals surface area (Å²) in [5.41, 5.74) is 3.65. The molecule has 10 heteroatoms. The Morgan fingerprint density at radius 3 is 2.56 bits per heavy atom. The molecule has 9 nitrogen and oxygen atoms in total. The summed E-state index contributed by atoms with van der Waals surface area (Å²) in [6, 6.07) is 15.5. The van der Waals surface area contributed by atoms with Crippen LogP contribution < -0.4 is 14.9 Å². The molecule has 4 aromatic rings. The topological polar surface area (TPSA) is 117 Å². The monoisotopic (exact) mass is 599 g/mol. The lowest BCUT2D eigenvalue weighted by Crippen LogP contribution is -2.40. The summed E-state index contributed by atoms with van der Waals surface area (Å²) in [5, 5.41) is 11.7. The fourth-order valence-electron chi connectivity index (χ4n) is 5.20. The van der Waals surface area contributed by atoms with Gasteiger partial charge in [-0.1, -0.05) is 68.9 Å². The summed E-state index contributed by atoms with van der Waals surface area (Å²) in [5.74, 6) is 0.526. The predicted octanol–water partition coefficient (Wildman–Crippen LogP) is 6.18. The number of hydrogen-bond acceptors (Lipinski definition) is 8. The van der Waals surface area contributed by atoms with Crippen molar-refractivity contribution < 1.29 is 18.9 Å². The summed E-state index contributed by atoms with van der Waals surface area (Å²) in [6.07, 6.45) is 2.92. The molecule has 43 heavy (non-hydrogen) atoms. The number of nitro groups is 1. The third-order valence-electron chi connectivity index (χ3n) is 7.33. The van der Waals surface area contributed by atoms with Crippen LogP contribution in [0.2, 0.25) is 0 Å². The average Bonchev–Trinajstić information content (AvgIpc) is 3.56. The number of nitrogens with zero attached hydrogens (tertiary/aromatic N) is 3. The van der Waals surface area contributed by atoms with E-state index in [-0.39, 0.29) is 17.9 Å². The van der Waals surface area contributed by atoms with Crippen molar-refractivity contribution in [1.29, 1.82) is 0 Å². The maximum absolute atomic E-state index is 14.0. The summed E-state index contributed by atoms with van der Waals surface area (Å²) < 4.78 is 13.4. The third kappa shape index (κ3) is 5.87. The number of thiazole rings is 1. The van der Waals surface area contributed by atoms with Crippen molar-refractivity contribution in [3.63, 3.8) is 0 Å². The van der Waals surface area contributed by atoms with Gasteiger partial charge in [0.1, 0.15) is 11.5 Å². The number of rotatable bonds is 9. The Kier molecular flexibility index (Phi) is 8.59. The Balaban J connectivity index is 1.66. The van der Waals surface area contributed by atoms with Crippen LogP contribution in [-0.4, -0.2) is 22.1 Å². The van der Waals surface area contributed by atoms with Crippen LogP contribution in [0.15, 0.2) is 80.1 Å². The number of hydrogen-bond donors (Lipinski definition) is 0. The largest absolute Gasteiger partial charge is 0.463 e. The van der Waals surface area contributed by atoms with Crippen molar-refractivity contribution in [1.82, 2.24) is 4.57 Å². The van der Waals surface area contributed by atoms with Gasteiger partial charge in [-0.2, -0.15) is 0 Å². The van der Waals surface area contributed by atoms with Crippen molar-refractivity contribution in [2.45, 2.75) is 59.4 Å². The number of fused-ring (bicyclic) bond motifs is 1. The molecule has 0 saturated carbocycles. The highest BCUT2D eigenvalue weighted by molar-refractivity contribution is 7.07. The van der Waals surface area contributed by atoms with E-state index in [4.69, 9.17) is 14.1 Å².